The van der Waals surface area contributed by atoms with Crippen LogP contribution in [0.1, 0.15) is 17.5 Å². The first-order valence-corrected chi connectivity index (χ1v) is 6.74. The van der Waals surface area contributed by atoms with Crippen LogP contribution in [-0.4, -0.2) is 13.0 Å². The lowest BCUT2D eigenvalue weighted by Gasteiger charge is -2.17. The lowest BCUT2D eigenvalue weighted by molar-refractivity contribution is -0.118. The van der Waals surface area contributed by atoms with Gasteiger partial charge < -0.3 is 10.6 Å². The fraction of sp³-hybridized carbons (Fsp3) is 0.235. The number of para-hydroxylation sites is 1. The molecule has 2 N–H and O–H groups in total. The van der Waals surface area contributed by atoms with Gasteiger partial charge in [0.25, 0.3) is 0 Å². The number of nitrogens with two attached hydrogens (primary N) is 1. The van der Waals surface area contributed by atoms with Crippen molar-refractivity contribution in [3.63, 3.8) is 0 Å². The molecule has 2 aromatic rings. The number of benzene rings is 2. The van der Waals surface area contributed by atoms with Gasteiger partial charge in [0, 0.05) is 24.8 Å². The number of rotatable bonds is 4. The van der Waals surface area contributed by atoms with Crippen molar-refractivity contribution in [2.45, 2.75) is 19.8 Å². The lowest BCUT2D eigenvalue weighted by Crippen LogP contribution is -2.26. The number of nitrogen functional groups attached to an aromatic ring is 1. The largest absolute Gasteiger partial charge is 0.399 e. The molecular formula is C17H20N2O. The Morgan fingerprint density at radius 2 is 1.85 bits per heavy atom. The summed E-state index contributed by atoms with van der Waals surface area (Å²) in [7, 11) is 1.81. The number of amides is 1. The van der Waals surface area contributed by atoms with E-state index in [4.69, 9.17) is 5.73 Å². The highest BCUT2D eigenvalue weighted by Gasteiger charge is 2.10. The second kappa shape index (κ2) is 6.24. The number of hydrogen-bond donors (Lipinski definition) is 1. The summed E-state index contributed by atoms with van der Waals surface area (Å²) in [6, 6.07) is 15.6. The molecule has 0 aliphatic rings. The number of carbonyl (C=O) groups is 1. The van der Waals surface area contributed by atoms with Gasteiger partial charge in [0.05, 0.1) is 0 Å². The quantitative estimate of drug-likeness (QED) is 0.866. The van der Waals surface area contributed by atoms with Gasteiger partial charge in [-0.3, -0.25) is 4.79 Å². The molecule has 0 saturated carbocycles. The van der Waals surface area contributed by atoms with E-state index in [2.05, 4.69) is 0 Å². The van der Waals surface area contributed by atoms with Gasteiger partial charge in [-0.1, -0.05) is 30.3 Å². The molecule has 3 heteroatoms. The minimum absolute atomic E-state index is 0.107. The summed E-state index contributed by atoms with van der Waals surface area (Å²) in [6.45, 7) is 1.98. The van der Waals surface area contributed by atoms with E-state index < -0.39 is 0 Å². The fourth-order valence-corrected chi connectivity index (χ4v) is 2.06. The highest BCUT2D eigenvalue weighted by atomic mass is 16.2. The molecule has 2 rings (SSSR count). The zero-order chi connectivity index (χ0) is 14.5. The number of carbonyl (C=O) groups excluding carboxylic acids is 1. The highest BCUT2D eigenvalue weighted by Crippen LogP contribution is 2.16. The molecule has 0 atom stereocenters. The maximum absolute atomic E-state index is 12.2. The first-order chi connectivity index (χ1) is 9.58. The van der Waals surface area contributed by atoms with Crippen LogP contribution in [0.5, 0.6) is 0 Å². The summed E-state index contributed by atoms with van der Waals surface area (Å²) in [4.78, 5) is 13.9. The van der Waals surface area contributed by atoms with Crippen molar-refractivity contribution >= 4 is 17.3 Å². The van der Waals surface area contributed by atoms with E-state index >= 15 is 0 Å². The monoisotopic (exact) mass is 268 g/mol. The van der Waals surface area contributed by atoms with E-state index in [1.165, 1.54) is 0 Å². The van der Waals surface area contributed by atoms with Crippen LogP contribution in [-0.2, 0) is 11.2 Å². The molecule has 104 valence electrons. The molecule has 0 unspecified atom stereocenters. The number of aryl methyl sites for hydroxylation is 2. The molecule has 20 heavy (non-hydrogen) atoms. The minimum Gasteiger partial charge on any atom is -0.399 e. The molecule has 0 bridgehead atoms. The molecule has 3 nitrogen and oxygen atoms in total. The van der Waals surface area contributed by atoms with E-state index in [0.717, 1.165) is 22.5 Å². The molecule has 0 saturated heterocycles. The molecule has 0 heterocycles. The van der Waals surface area contributed by atoms with Crippen molar-refractivity contribution in [3.8, 4) is 0 Å². The van der Waals surface area contributed by atoms with Crippen LogP contribution in [0.2, 0.25) is 0 Å². The predicted molar refractivity (Wildman–Crippen MR) is 83.8 cm³/mol. The zero-order valence-electron chi connectivity index (χ0n) is 12.0. The van der Waals surface area contributed by atoms with Gasteiger partial charge >= 0.3 is 0 Å². The van der Waals surface area contributed by atoms with Crippen LogP contribution in [0.25, 0.3) is 0 Å². The van der Waals surface area contributed by atoms with E-state index in [1.807, 2.05) is 55.5 Å². The Kier molecular flexibility index (Phi) is 4.41. The molecule has 0 aliphatic heterocycles. The second-order valence-corrected chi connectivity index (χ2v) is 4.98. The van der Waals surface area contributed by atoms with Gasteiger partial charge in [0.15, 0.2) is 0 Å². The van der Waals surface area contributed by atoms with Crippen molar-refractivity contribution in [2.75, 3.05) is 17.7 Å². The SMILES string of the molecule is Cc1ccc(CCC(=O)N(C)c2ccccc2)cc1N. The number of anilines is 2. The third-order valence-electron chi connectivity index (χ3n) is 3.49. The van der Waals surface area contributed by atoms with Crippen LogP contribution in [0.4, 0.5) is 11.4 Å². The van der Waals surface area contributed by atoms with Crippen molar-refractivity contribution in [3.05, 3.63) is 59.7 Å². The molecular weight excluding hydrogens is 248 g/mol. The van der Waals surface area contributed by atoms with Gasteiger partial charge in [0.1, 0.15) is 0 Å². The fourth-order valence-electron chi connectivity index (χ4n) is 2.06. The van der Waals surface area contributed by atoms with Crippen LogP contribution >= 0.6 is 0 Å². The summed E-state index contributed by atoms with van der Waals surface area (Å²) < 4.78 is 0. The van der Waals surface area contributed by atoms with Crippen LogP contribution < -0.4 is 10.6 Å². The third-order valence-corrected chi connectivity index (χ3v) is 3.49. The molecule has 1 amide bonds. The van der Waals surface area contributed by atoms with E-state index in [-0.39, 0.29) is 5.91 Å². The zero-order valence-corrected chi connectivity index (χ0v) is 12.0. The van der Waals surface area contributed by atoms with Crippen molar-refractivity contribution in [1.29, 1.82) is 0 Å². The lowest BCUT2D eigenvalue weighted by atomic mass is 10.1. The van der Waals surface area contributed by atoms with E-state index in [0.29, 0.717) is 12.8 Å². The van der Waals surface area contributed by atoms with Crippen LogP contribution in [0, 0.1) is 6.92 Å². The van der Waals surface area contributed by atoms with Crippen molar-refractivity contribution in [2.24, 2.45) is 0 Å². The smallest absolute Gasteiger partial charge is 0.227 e. The first kappa shape index (κ1) is 14.1. The Morgan fingerprint density at radius 1 is 1.15 bits per heavy atom. The Labute approximate surface area is 120 Å². The van der Waals surface area contributed by atoms with E-state index in [9.17, 15) is 4.79 Å². The standard InChI is InChI=1S/C17H20N2O/c1-13-8-9-14(12-16(13)18)10-11-17(20)19(2)15-6-4-3-5-7-15/h3-9,12H,10-11,18H2,1-2H3. The predicted octanol–water partition coefficient (Wildman–Crippen LogP) is 3.17. The Balaban J connectivity index is 1.96. The average molecular weight is 268 g/mol. The number of nitrogens with zero attached hydrogens (tertiary/aromatic N) is 1. The molecule has 0 aliphatic carbocycles. The number of hydrogen-bond acceptors (Lipinski definition) is 2. The summed E-state index contributed by atoms with van der Waals surface area (Å²) in [5.41, 5.74) is 9.75. The van der Waals surface area contributed by atoms with Gasteiger partial charge in [-0.25, -0.2) is 0 Å². The van der Waals surface area contributed by atoms with Crippen molar-refractivity contribution in [1.82, 2.24) is 0 Å². The average Bonchev–Trinajstić information content (AvgIpc) is 2.48. The van der Waals surface area contributed by atoms with Gasteiger partial charge in [0.2, 0.25) is 5.91 Å². The van der Waals surface area contributed by atoms with E-state index in [1.54, 1.807) is 11.9 Å². The molecule has 0 fully saturated rings. The Morgan fingerprint density at radius 3 is 2.50 bits per heavy atom. The summed E-state index contributed by atoms with van der Waals surface area (Å²) in [5.74, 6) is 0.107. The minimum atomic E-state index is 0.107. The maximum Gasteiger partial charge on any atom is 0.227 e. The summed E-state index contributed by atoms with van der Waals surface area (Å²) >= 11 is 0. The summed E-state index contributed by atoms with van der Waals surface area (Å²) in [6.07, 6.45) is 1.19. The molecule has 0 spiro atoms. The first-order valence-electron chi connectivity index (χ1n) is 6.74. The van der Waals surface area contributed by atoms with Crippen LogP contribution in [0.15, 0.2) is 48.5 Å². The molecule has 0 radical (unpaired) electrons. The van der Waals surface area contributed by atoms with Crippen molar-refractivity contribution < 1.29 is 4.79 Å². The van der Waals surface area contributed by atoms with Gasteiger partial charge in [-0.15, -0.1) is 0 Å². The molecule has 0 aromatic heterocycles. The van der Waals surface area contributed by atoms with Gasteiger partial charge in [-0.2, -0.15) is 0 Å². The third kappa shape index (κ3) is 3.38. The second-order valence-electron chi connectivity index (χ2n) is 4.98. The Bertz CT molecular complexity index is 593. The van der Waals surface area contributed by atoms with Crippen LogP contribution in [0.3, 0.4) is 0 Å². The summed E-state index contributed by atoms with van der Waals surface area (Å²) in [5, 5.41) is 0. The van der Waals surface area contributed by atoms with Gasteiger partial charge in [-0.05, 0) is 42.7 Å². The normalized spacial score (nSPS) is 10.3. The topological polar surface area (TPSA) is 46.3 Å². The Hall–Kier alpha value is -2.29. The highest BCUT2D eigenvalue weighted by molar-refractivity contribution is 5.92. The maximum atomic E-state index is 12.2. The molecule has 2 aromatic carbocycles.